The molecule has 4 nitrogen and oxygen atoms in total. The van der Waals surface area contributed by atoms with Crippen LogP contribution in [0.15, 0.2) is 55.0 Å². The van der Waals surface area contributed by atoms with Crippen molar-refractivity contribution in [1.82, 2.24) is 15.0 Å². The highest BCUT2D eigenvalue weighted by atomic mass is 16.3. The third-order valence-corrected chi connectivity index (χ3v) is 2.78. The van der Waals surface area contributed by atoms with E-state index in [0.29, 0.717) is 5.82 Å². The van der Waals surface area contributed by atoms with Gasteiger partial charge in [-0.1, -0.05) is 18.2 Å². The van der Waals surface area contributed by atoms with Crippen LogP contribution in [0.1, 0.15) is 17.5 Å². The van der Waals surface area contributed by atoms with Gasteiger partial charge in [0.15, 0.2) is 5.82 Å². The lowest BCUT2D eigenvalue weighted by molar-refractivity contribution is 0.210. The van der Waals surface area contributed by atoms with Gasteiger partial charge in [-0.2, -0.15) is 0 Å². The Balaban J connectivity index is 2.04. The van der Waals surface area contributed by atoms with Crippen LogP contribution in [0.3, 0.4) is 0 Å². The first kappa shape index (κ1) is 10.8. The minimum atomic E-state index is -0.822. The SMILES string of the molecule is OC(c1ccc2cccnc2c1)c1ncccn1. The molecule has 2 aromatic heterocycles. The summed E-state index contributed by atoms with van der Waals surface area (Å²) in [6, 6.07) is 11.2. The molecular formula is C14H11N3O. The second-order valence-corrected chi connectivity index (χ2v) is 3.97. The van der Waals surface area contributed by atoms with Crippen molar-refractivity contribution in [2.24, 2.45) is 0 Å². The molecule has 0 radical (unpaired) electrons. The van der Waals surface area contributed by atoms with Crippen LogP contribution in [0.5, 0.6) is 0 Å². The maximum Gasteiger partial charge on any atom is 0.161 e. The van der Waals surface area contributed by atoms with Crippen molar-refractivity contribution in [3.05, 3.63) is 66.4 Å². The highest BCUT2D eigenvalue weighted by Gasteiger charge is 2.13. The molecule has 0 bridgehead atoms. The minimum absolute atomic E-state index is 0.396. The average molecular weight is 237 g/mol. The van der Waals surface area contributed by atoms with Gasteiger partial charge in [0.2, 0.25) is 0 Å². The number of hydrogen-bond donors (Lipinski definition) is 1. The van der Waals surface area contributed by atoms with Gasteiger partial charge in [0.1, 0.15) is 6.10 Å². The summed E-state index contributed by atoms with van der Waals surface area (Å²) in [5.41, 5.74) is 1.59. The van der Waals surface area contributed by atoms with E-state index in [-0.39, 0.29) is 0 Å². The molecule has 0 spiro atoms. The highest BCUT2D eigenvalue weighted by Crippen LogP contribution is 2.21. The van der Waals surface area contributed by atoms with Gasteiger partial charge in [-0.05, 0) is 23.8 Å². The van der Waals surface area contributed by atoms with Gasteiger partial charge < -0.3 is 5.11 Å². The molecule has 1 unspecified atom stereocenters. The molecule has 3 rings (SSSR count). The Hall–Kier alpha value is -2.33. The first-order chi connectivity index (χ1) is 8.84. The van der Waals surface area contributed by atoms with Crippen molar-refractivity contribution in [2.75, 3.05) is 0 Å². The number of rotatable bonds is 2. The van der Waals surface area contributed by atoms with E-state index >= 15 is 0 Å². The van der Waals surface area contributed by atoms with E-state index in [0.717, 1.165) is 16.5 Å². The first-order valence-electron chi connectivity index (χ1n) is 5.64. The molecule has 1 aromatic carbocycles. The Morgan fingerprint density at radius 1 is 0.889 bits per heavy atom. The third kappa shape index (κ3) is 1.94. The van der Waals surface area contributed by atoms with Crippen molar-refractivity contribution in [2.45, 2.75) is 6.10 Å². The summed E-state index contributed by atoms with van der Waals surface area (Å²) in [4.78, 5) is 12.4. The van der Waals surface area contributed by atoms with Crippen LogP contribution in [0.4, 0.5) is 0 Å². The number of aromatic nitrogens is 3. The van der Waals surface area contributed by atoms with E-state index in [2.05, 4.69) is 15.0 Å². The molecule has 3 aromatic rings. The molecule has 0 saturated carbocycles. The van der Waals surface area contributed by atoms with E-state index in [1.807, 2.05) is 30.3 Å². The third-order valence-electron chi connectivity index (χ3n) is 2.78. The lowest BCUT2D eigenvalue weighted by Crippen LogP contribution is -2.04. The van der Waals surface area contributed by atoms with Crippen LogP contribution in [-0.2, 0) is 0 Å². The Morgan fingerprint density at radius 2 is 1.67 bits per heavy atom. The quantitative estimate of drug-likeness (QED) is 0.741. The zero-order valence-electron chi connectivity index (χ0n) is 9.56. The summed E-state index contributed by atoms with van der Waals surface area (Å²) in [5, 5.41) is 11.2. The summed E-state index contributed by atoms with van der Waals surface area (Å²) in [6.07, 6.45) is 4.14. The second-order valence-electron chi connectivity index (χ2n) is 3.97. The van der Waals surface area contributed by atoms with E-state index in [1.165, 1.54) is 0 Å². The minimum Gasteiger partial charge on any atom is -0.380 e. The Labute approximate surface area is 104 Å². The fourth-order valence-electron chi connectivity index (χ4n) is 1.85. The van der Waals surface area contributed by atoms with Gasteiger partial charge in [-0.3, -0.25) is 4.98 Å². The summed E-state index contributed by atoms with van der Waals surface area (Å²) in [7, 11) is 0. The lowest BCUT2D eigenvalue weighted by atomic mass is 10.1. The Bertz CT molecular complexity index is 670. The molecule has 88 valence electrons. The van der Waals surface area contributed by atoms with Crippen molar-refractivity contribution in [3.63, 3.8) is 0 Å². The standard InChI is InChI=1S/C14H11N3O/c18-13(14-16-7-2-8-17-14)11-5-4-10-3-1-6-15-12(10)9-11/h1-9,13,18H. The maximum absolute atomic E-state index is 10.2. The van der Waals surface area contributed by atoms with Crippen LogP contribution in [-0.4, -0.2) is 20.1 Å². The molecule has 0 aliphatic rings. The topological polar surface area (TPSA) is 58.9 Å². The Morgan fingerprint density at radius 3 is 2.50 bits per heavy atom. The van der Waals surface area contributed by atoms with Gasteiger partial charge in [0, 0.05) is 24.0 Å². The fraction of sp³-hybridized carbons (Fsp3) is 0.0714. The van der Waals surface area contributed by atoms with Gasteiger partial charge in [0.05, 0.1) is 5.52 Å². The van der Waals surface area contributed by atoms with Crippen molar-refractivity contribution < 1.29 is 5.11 Å². The van der Waals surface area contributed by atoms with Crippen LogP contribution >= 0.6 is 0 Å². The summed E-state index contributed by atoms with van der Waals surface area (Å²) < 4.78 is 0. The van der Waals surface area contributed by atoms with Gasteiger partial charge in [-0.25, -0.2) is 9.97 Å². The molecule has 1 N–H and O–H groups in total. The van der Waals surface area contributed by atoms with E-state index in [1.54, 1.807) is 24.7 Å². The second kappa shape index (κ2) is 4.50. The van der Waals surface area contributed by atoms with Gasteiger partial charge in [0.25, 0.3) is 0 Å². The van der Waals surface area contributed by atoms with Crippen LogP contribution < -0.4 is 0 Å². The molecular weight excluding hydrogens is 226 g/mol. The van der Waals surface area contributed by atoms with E-state index in [4.69, 9.17) is 0 Å². The number of aliphatic hydroxyl groups excluding tert-OH is 1. The highest BCUT2D eigenvalue weighted by molar-refractivity contribution is 5.79. The average Bonchev–Trinajstić information content (AvgIpc) is 2.47. The fourth-order valence-corrected chi connectivity index (χ4v) is 1.85. The largest absolute Gasteiger partial charge is 0.380 e. The molecule has 0 saturated heterocycles. The summed E-state index contributed by atoms with van der Waals surface area (Å²) >= 11 is 0. The lowest BCUT2D eigenvalue weighted by Gasteiger charge is -2.09. The number of aliphatic hydroxyl groups is 1. The van der Waals surface area contributed by atoms with Crippen molar-refractivity contribution in [1.29, 1.82) is 0 Å². The smallest absolute Gasteiger partial charge is 0.161 e. The molecule has 0 aliphatic carbocycles. The number of nitrogens with zero attached hydrogens (tertiary/aromatic N) is 3. The number of fused-ring (bicyclic) bond motifs is 1. The predicted molar refractivity (Wildman–Crippen MR) is 67.8 cm³/mol. The molecule has 0 amide bonds. The summed E-state index contributed by atoms with van der Waals surface area (Å²) in [5.74, 6) is 0.396. The number of pyridine rings is 1. The van der Waals surface area contributed by atoms with E-state index in [9.17, 15) is 5.11 Å². The monoisotopic (exact) mass is 237 g/mol. The summed E-state index contributed by atoms with van der Waals surface area (Å²) in [6.45, 7) is 0. The van der Waals surface area contributed by atoms with Crippen LogP contribution in [0, 0.1) is 0 Å². The maximum atomic E-state index is 10.2. The first-order valence-corrected chi connectivity index (χ1v) is 5.64. The number of hydrogen-bond acceptors (Lipinski definition) is 4. The van der Waals surface area contributed by atoms with Crippen LogP contribution in [0.25, 0.3) is 10.9 Å². The zero-order valence-corrected chi connectivity index (χ0v) is 9.56. The molecule has 2 heterocycles. The molecule has 0 aliphatic heterocycles. The molecule has 4 heteroatoms. The van der Waals surface area contributed by atoms with Gasteiger partial charge in [-0.15, -0.1) is 0 Å². The normalized spacial score (nSPS) is 12.5. The van der Waals surface area contributed by atoms with Crippen molar-refractivity contribution >= 4 is 10.9 Å². The molecule has 0 fully saturated rings. The zero-order chi connectivity index (χ0) is 12.4. The van der Waals surface area contributed by atoms with Crippen molar-refractivity contribution in [3.8, 4) is 0 Å². The molecule has 18 heavy (non-hydrogen) atoms. The van der Waals surface area contributed by atoms with E-state index < -0.39 is 6.10 Å². The molecule has 1 atom stereocenters. The number of benzene rings is 1. The predicted octanol–water partition coefficient (Wildman–Crippen LogP) is 2.11. The Kier molecular flexibility index (Phi) is 2.70. The van der Waals surface area contributed by atoms with Crippen LogP contribution in [0.2, 0.25) is 0 Å². The van der Waals surface area contributed by atoms with Gasteiger partial charge >= 0.3 is 0 Å².